The first-order chi connectivity index (χ1) is 17.6. The van der Waals surface area contributed by atoms with Crippen molar-refractivity contribution < 1.29 is 18.3 Å². The maximum absolute atomic E-state index is 13.7. The number of piperidine rings is 1. The van der Waals surface area contributed by atoms with E-state index in [4.69, 9.17) is 16.4 Å². The summed E-state index contributed by atoms with van der Waals surface area (Å²) in [4.78, 5) is 31.4. The maximum atomic E-state index is 13.7. The molecule has 3 heterocycles. The number of carbonyl (C=O) groups is 1. The number of hydrogen-bond donors (Lipinski definition) is 2. The Labute approximate surface area is 216 Å². The van der Waals surface area contributed by atoms with E-state index in [0.29, 0.717) is 36.6 Å². The molecule has 37 heavy (non-hydrogen) atoms. The summed E-state index contributed by atoms with van der Waals surface area (Å²) >= 11 is 0. The first-order valence-electron chi connectivity index (χ1n) is 12.2. The van der Waals surface area contributed by atoms with Crippen molar-refractivity contribution in [3.63, 3.8) is 0 Å². The average molecular weight is 524 g/mol. The molecule has 3 rings (SSSR count). The number of hydrazine groups is 1. The molecule has 2 aromatic rings. The van der Waals surface area contributed by atoms with Crippen LogP contribution in [0.1, 0.15) is 51.3 Å². The van der Waals surface area contributed by atoms with E-state index in [0.717, 1.165) is 18.4 Å². The van der Waals surface area contributed by atoms with Gasteiger partial charge in [0.25, 0.3) is 18.0 Å². The fourth-order valence-corrected chi connectivity index (χ4v) is 3.62. The van der Waals surface area contributed by atoms with Crippen molar-refractivity contribution in [2.45, 2.75) is 58.9 Å². The van der Waals surface area contributed by atoms with Gasteiger partial charge in [0, 0.05) is 32.3 Å². The summed E-state index contributed by atoms with van der Waals surface area (Å²) in [6.07, 6.45) is 6.78. The molecule has 0 aromatic carbocycles. The molecular weight excluding hydrogens is 484 g/mol. The van der Waals surface area contributed by atoms with Gasteiger partial charge in [-0.25, -0.2) is 24.6 Å². The summed E-state index contributed by atoms with van der Waals surface area (Å²) in [7, 11) is 2.94. The predicted octanol–water partition coefficient (Wildman–Crippen LogP) is 2.77. The van der Waals surface area contributed by atoms with Crippen LogP contribution in [0.15, 0.2) is 41.2 Å². The van der Waals surface area contributed by atoms with Gasteiger partial charge in [0.05, 0.1) is 44.0 Å². The van der Waals surface area contributed by atoms with Crippen molar-refractivity contribution in [1.82, 2.24) is 19.5 Å². The number of hydrogen-bond acceptors (Lipinski definition) is 9. The minimum absolute atomic E-state index is 0.115. The van der Waals surface area contributed by atoms with E-state index in [9.17, 15) is 13.6 Å². The van der Waals surface area contributed by atoms with E-state index in [1.54, 1.807) is 17.8 Å². The van der Waals surface area contributed by atoms with Gasteiger partial charge >= 0.3 is 0 Å². The molecule has 1 saturated heterocycles. The molecule has 0 atom stereocenters. The maximum Gasteiger partial charge on any atom is 0.292 e. The highest BCUT2D eigenvalue weighted by atomic mass is 19.3. The second-order valence-corrected chi connectivity index (χ2v) is 8.20. The van der Waals surface area contributed by atoms with Gasteiger partial charge in [-0.3, -0.25) is 9.59 Å². The number of likely N-dealkylation sites (N-methyl/N-ethyl adjacent to an activating group) is 1. The summed E-state index contributed by atoms with van der Waals surface area (Å²) in [5.74, 6) is 3.63. The number of ether oxygens (including phenoxy) is 1. The minimum Gasteiger partial charge on any atom is -0.471 e. The first kappa shape index (κ1) is 31.5. The Morgan fingerprint density at radius 3 is 2.46 bits per heavy atom. The van der Waals surface area contributed by atoms with Crippen LogP contribution >= 0.6 is 0 Å². The normalized spacial score (nSPS) is 14.8. The van der Waals surface area contributed by atoms with Gasteiger partial charge in [-0.2, -0.15) is 0 Å². The Kier molecular flexibility index (Phi) is 13.2. The van der Waals surface area contributed by atoms with E-state index in [1.165, 1.54) is 35.5 Å². The lowest BCUT2D eigenvalue weighted by Crippen LogP contribution is -2.43. The third kappa shape index (κ3) is 9.79. The highest BCUT2D eigenvalue weighted by Crippen LogP contribution is 2.29. The zero-order valence-electron chi connectivity index (χ0n) is 22.3. The summed E-state index contributed by atoms with van der Waals surface area (Å²) in [6, 6.07) is 3.34. The van der Waals surface area contributed by atoms with Gasteiger partial charge in [-0.15, -0.1) is 0 Å². The van der Waals surface area contributed by atoms with Crippen LogP contribution in [0, 0.1) is 0 Å². The largest absolute Gasteiger partial charge is 0.471 e. The molecule has 4 N–H and O–H groups in total. The Bertz CT molecular complexity index is 1060. The Morgan fingerprint density at radius 1 is 1.27 bits per heavy atom. The summed E-state index contributed by atoms with van der Waals surface area (Å²) in [5, 5.41) is 1.34. The Hall–Kier alpha value is -3.54. The SMILES string of the molecule is CC.CCCc1ccc(=O)n(C/C(=C(/N)c2cnc(N3CCCC(F)(F)C3)cn2)N(C)N)c1.COC=O. The number of anilines is 1. The number of aryl methyl sites for hydroxylation is 1. The Balaban J connectivity index is 0.00000104. The molecule has 2 aromatic heterocycles. The van der Waals surface area contributed by atoms with Crippen molar-refractivity contribution in [2.24, 2.45) is 11.6 Å². The van der Waals surface area contributed by atoms with Crippen LogP contribution in [-0.2, 0) is 22.5 Å². The molecule has 1 fully saturated rings. The smallest absolute Gasteiger partial charge is 0.292 e. The van der Waals surface area contributed by atoms with Gasteiger partial charge in [-0.05, 0) is 18.4 Å². The molecule has 0 spiro atoms. The third-order valence-corrected chi connectivity index (χ3v) is 5.37. The van der Waals surface area contributed by atoms with Crippen LogP contribution in [-0.4, -0.2) is 59.2 Å². The fourth-order valence-electron chi connectivity index (χ4n) is 3.62. The molecule has 1 aliphatic rings. The number of halogens is 2. The second kappa shape index (κ2) is 15.5. The van der Waals surface area contributed by atoms with Crippen LogP contribution in [0.2, 0.25) is 0 Å². The molecule has 10 nitrogen and oxygen atoms in total. The molecule has 0 bridgehead atoms. The van der Waals surface area contributed by atoms with Gasteiger partial charge < -0.3 is 24.9 Å². The van der Waals surface area contributed by atoms with Gasteiger partial charge in [0.15, 0.2) is 0 Å². The van der Waals surface area contributed by atoms with Gasteiger partial charge in [-0.1, -0.05) is 33.3 Å². The number of nitrogens with two attached hydrogens (primary N) is 2. The average Bonchev–Trinajstić information content (AvgIpc) is 2.89. The van der Waals surface area contributed by atoms with Crippen LogP contribution in [0.5, 0.6) is 0 Å². The number of carbonyl (C=O) groups excluding carboxylic acids is 1. The van der Waals surface area contributed by atoms with Crippen LogP contribution in [0.4, 0.5) is 14.6 Å². The van der Waals surface area contributed by atoms with Crippen molar-refractivity contribution in [1.29, 1.82) is 0 Å². The second-order valence-electron chi connectivity index (χ2n) is 8.20. The van der Waals surface area contributed by atoms with Gasteiger partial charge in [0.2, 0.25) is 0 Å². The van der Waals surface area contributed by atoms with E-state index in [-0.39, 0.29) is 30.8 Å². The highest BCUT2D eigenvalue weighted by Gasteiger charge is 2.35. The number of nitrogens with zero attached hydrogens (tertiary/aromatic N) is 5. The quantitative estimate of drug-likeness (QED) is 0.304. The van der Waals surface area contributed by atoms with E-state index in [1.807, 2.05) is 19.9 Å². The summed E-state index contributed by atoms with van der Waals surface area (Å²) in [5.41, 5.74) is 8.30. The van der Waals surface area contributed by atoms with E-state index in [2.05, 4.69) is 21.6 Å². The third-order valence-electron chi connectivity index (χ3n) is 5.37. The van der Waals surface area contributed by atoms with Crippen LogP contribution in [0.25, 0.3) is 5.70 Å². The first-order valence-corrected chi connectivity index (χ1v) is 12.2. The highest BCUT2D eigenvalue weighted by molar-refractivity contribution is 5.62. The molecule has 0 saturated carbocycles. The molecule has 206 valence electrons. The fraction of sp³-hybridized carbons (Fsp3) is 0.520. The number of allylic oxidation sites excluding steroid dienone is 1. The standard InChI is InChI=1S/C21H29F2N7O.C2H4O2.C2H6/c1-3-5-15-6-7-19(31)30(12-15)13-17(28(2)25)20(24)16-10-27-18(11-26-16)29-9-4-8-21(22,23)14-29;1-4-2-3;1-2/h6-7,10-12H,3-5,8-9,13-14,24-25H2,1-2H3;2H,1H3;1-2H3/b20-17-;;. The number of methoxy groups -OCH3 is 1. The van der Waals surface area contributed by atoms with Crippen molar-refractivity contribution in [3.8, 4) is 0 Å². The van der Waals surface area contributed by atoms with Gasteiger partial charge in [0.1, 0.15) is 11.5 Å². The summed E-state index contributed by atoms with van der Waals surface area (Å²) in [6.45, 7) is 6.74. The van der Waals surface area contributed by atoms with Crippen LogP contribution in [0.3, 0.4) is 0 Å². The molecule has 0 radical (unpaired) electrons. The molecular formula is C25H39F2N7O3. The van der Waals surface area contributed by atoms with E-state index >= 15 is 0 Å². The predicted molar refractivity (Wildman–Crippen MR) is 141 cm³/mol. The van der Waals surface area contributed by atoms with Crippen molar-refractivity contribution >= 4 is 18.0 Å². The monoisotopic (exact) mass is 523 g/mol. The number of aromatic nitrogens is 3. The lowest BCUT2D eigenvalue weighted by molar-refractivity contribution is -0.126. The van der Waals surface area contributed by atoms with E-state index < -0.39 is 5.92 Å². The molecule has 0 amide bonds. The topological polar surface area (TPSA) is 133 Å². The minimum atomic E-state index is -2.73. The van der Waals surface area contributed by atoms with Crippen LogP contribution < -0.4 is 22.0 Å². The number of pyridine rings is 1. The van der Waals surface area contributed by atoms with Crippen molar-refractivity contribution in [2.75, 3.05) is 32.1 Å². The van der Waals surface area contributed by atoms with Crippen molar-refractivity contribution in [3.05, 3.63) is 58.0 Å². The number of alkyl halides is 2. The zero-order chi connectivity index (χ0) is 28.0. The lowest BCUT2D eigenvalue weighted by atomic mass is 10.1. The zero-order valence-corrected chi connectivity index (χ0v) is 22.3. The molecule has 1 aliphatic heterocycles. The Morgan fingerprint density at radius 2 is 1.95 bits per heavy atom. The molecule has 0 unspecified atom stereocenters. The molecule has 12 heteroatoms. The lowest BCUT2D eigenvalue weighted by Gasteiger charge is -2.33. The summed E-state index contributed by atoms with van der Waals surface area (Å²) < 4.78 is 32.8. The molecule has 0 aliphatic carbocycles. The number of rotatable bonds is 8.